The second-order valence-electron chi connectivity index (χ2n) is 8.32. The van der Waals surface area contributed by atoms with Crippen LogP contribution in [-0.4, -0.2) is 61.9 Å². The number of ether oxygens (including phenoxy) is 1. The quantitative estimate of drug-likeness (QED) is 0.799. The zero-order valence-electron chi connectivity index (χ0n) is 16.1. The van der Waals surface area contributed by atoms with Gasteiger partial charge in [-0.1, -0.05) is 11.6 Å². The number of carbonyl (C=O) groups excluding carboxylic acids is 2. The molecule has 7 nitrogen and oxygen atoms in total. The summed E-state index contributed by atoms with van der Waals surface area (Å²) in [6, 6.07) is 5.60. The molecular weight excluding hydrogens is 380 g/mol. The van der Waals surface area contributed by atoms with Gasteiger partial charge in [-0.05, 0) is 31.4 Å². The maximum absolute atomic E-state index is 12.6. The zero-order chi connectivity index (χ0) is 19.9. The van der Waals surface area contributed by atoms with E-state index in [0.29, 0.717) is 56.6 Å². The Bertz CT molecular complexity index is 903. The Balaban J connectivity index is 1.40. The predicted molar refractivity (Wildman–Crippen MR) is 104 cm³/mol. The highest BCUT2D eigenvalue weighted by molar-refractivity contribution is 7.91. The molecule has 0 aliphatic carbocycles. The second kappa shape index (κ2) is 7.06. The monoisotopic (exact) mass is 406 g/mol. The Morgan fingerprint density at radius 1 is 1.32 bits per heavy atom. The van der Waals surface area contributed by atoms with E-state index in [4.69, 9.17) is 4.74 Å². The number of amides is 2. The highest BCUT2D eigenvalue weighted by Crippen LogP contribution is 2.34. The molecule has 1 aromatic carbocycles. The van der Waals surface area contributed by atoms with Gasteiger partial charge in [0.2, 0.25) is 5.91 Å². The summed E-state index contributed by atoms with van der Waals surface area (Å²) in [6.45, 7) is 3.46. The van der Waals surface area contributed by atoms with Gasteiger partial charge in [0, 0.05) is 32.4 Å². The van der Waals surface area contributed by atoms with Crippen LogP contribution in [0.25, 0.3) is 0 Å². The van der Waals surface area contributed by atoms with Gasteiger partial charge in [0.1, 0.15) is 11.4 Å². The third kappa shape index (κ3) is 3.87. The van der Waals surface area contributed by atoms with Crippen molar-refractivity contribution >= 4 is 21.7 Å². The molecule has 1 unspecified atom stereocenters. The fraction of sp³-hybridized carbons (Fsp3) is 0.600. The minimum atomic E-state index is -2.97. The van der Waals surface area contributed by atoms with Crippen LogP contribution in [0, 0.1) is 12.8 Å². The molecular formula is C20H26N2O5S. The summed E-state index contributed by atoms with van der Waals surface area (Å²) in [5, 5.41) is 2.97. The Morgan fingerprint density at radius 2 is 2.07 bits per heavy atom. The van der Waals surface area contributed by atoms with Gasteiger partial charge in [-0.2, -0.15) is 0 Å². The van der Waals surface area contributed by atoms with Gasteiger partial charge in [-0.3, -0.25) is 9.59 Å². The van der Waals surface area contributed by atoms with Crippen LogP contribution in [0.2, 0.25) is 0 Å². The molecule has 8 heteroatoms. The van der Waals surface area contributed by atoms with Crippen molar-refractivity contribution in [3.63, 3.8) is 0 Å². The topological polar surface area (TPSA) is 92.8 Å². The Morgan fingerprint density at radius 3 is 2.75 bits per heavy atom. The molecule has 0 saturated carbocycles. The molecule has 1 N–H and O–H groups in total. The zero-order valence-corrected chi connectivity index (χ0v) is 16.9. The van der Waals surface area contributed by atoms with E-state index < -0.39 is 15.4 Å². The smallest absolute Gasteiger partial charge is 0.255 e. The molecule has 2 saturated heterocycles. The van der Waals surface area contributed by atoms with E-state index in [0.717, 1.165) is 5.56 Å². The number of rotatable bonds is 2. The second-order valence-corrected chi connectivity index (χ2v) is 10.6. The van der Waals surface area contributed by atoms with Gasteiger partial charge in [-0.25, -0.2) is 8.42 Å². The molecule has 2 amide bonds. The van der Waals surface area contributed by atoms with Crippen molar-refractivity contribution in [2.75, 3.05) is 31.1 Å². The van der Waals surface area contributed by atoms with Crippen molar-refractivity contribution < 1.29 is 22.7 Å². The number of fused-ring (bicyclic) bond motifs is 1. The van der Waals surface area contributed by atoms with Crippen molar-refractivity contribution in [2.45, 2.75) is 38.2 Å². The number of piperidine rings is 1. The van der Waals surface area contributed by atoms with Crippen molar-refractivity contribution in [2.24, 2.45) is 5.92 Å². The van der Waals surface area contributed by atoms with Crippen LogP contribution in [-0.2, 0) is 14.6 Å². The molecule has 0 bridgehead atoms. The van der Waals surface area contributed by atoms with Crippen LogP contribution in [0.4, 0.5) is 0 Å². The predicted octanol–water partition coefficient (Wildman–Crippen LogP) is 1.30. The van der Waals surface area contributed by atoms with E-state index in [1.54, 1.807) is 0 Å². The molecule has 0 aromatic heterocycles. The third-order valence-electron chi connectivity index (χ3n) is 6.09. The maximum atomic E-state index is 12.6. The number of likely N-dealkylation sites (tertiary alicyclic amines) is 1. The normalized spacial score (nSPS) is 25.5. The molecule has 4 rings (SSSR count). The number of hydrogen-bond acceptors (Lipinski definition) is 5. The van der Waals surface area contributed by atoms with Crippen molar-refractivity contribution in [1.29, 1.82) is 0 Å². The summed E-state index contributed by atoms with van der Waals surface area (Å²) < 4.78 is 29.5. The maximum Gasteiger partial charge on any atom is 0.255 e. The Hall–Kier alpha value is -2.09. The molecule has 2 fully saturated rings. The van der Waals surface area contributed by atoms with Crippen molar-refractivity contribution in [3.05, 3.63) is 29.3 Å². The summed E-state index contributed by atoms with van der Waals surface area (Å²) in [5.41, 5.74) is 1.05. The lowest BCUT2D eigenvalue weighted by Crippen LogP contribution is -2.54. The first kappa shape index (κ1) is 19.2. The molecule has 28 heavy (non-hydrogen) atoms. The first-order valence-electron chi connectivity index (χ1n) is 9.81. The fourth-order valence-corrected chi connectivity index (χ4v) is 6.23. The van der Waals surface area contributed by atoms with Crippen LogP contribution >= 0.6 is 0 Å². The molecule has 3 aliphatic heterocycles. The number of nitrogens with zero attached hydrogens (tertiary/aromatic N) is 1. The van der Waals surface area contributed by atoms with Gasteiger partial charge in [0.15, 0.2) is 9.84 Å². The molecule has 152 valence electrons. The standard InChI is InChI=1S/C20H26N2O5S/c1-14-2-3-17-16(10-14)19(24)21-13-20(27-17)5-7-22(8-6-20)18(23)11-15-4-9-28(25,26)12-15/h2-3,10,15H,4-9,11-13H2,1H3,(H,21,24). The third-order valence-corrected chi connectivity index (χ3v) is 7.93. The van der Waals surface area contributed by atoms with Crippen molar-refractivity contribution in [3.8, 4) is 5.75 Å². The first-order valence-corrected chi connectivity index (χ1v) is 11.6. The Labute approximate surface area is 165 Å². The average Bonchev–Trinajstić information content (AvgIpc) is 2.93. The molecule has 1 spiro atoms. The number of sulfone groups is 1. The van der Waals surface area contributed by atoms with Gasteiger partial charge >= 0.3 is 0 Å². The van der Waals surface area contributed by atoms with E-state index in [9.17, 15) is 18.0 Å². The van der Waals surface area contributed by atoms with Crippen LogP contribution in [0.3, 0.4) is 0 Å². The van der Waals surface area contributed by atoms with E-state index in [1.165, 1.54) is 0 Å². The number of benzene rings is 1. The SMILES string of the molecule is Cc1ccc2c(c1)C(=O)NCC1(CCN(C(=O)CC3CCS(=O)(=O)C3)CC1)O2. The lowest BCUT2D eigenvalue weighted by molar-refractivity contribution is -0.135. The molecule has 3 aliphatic rings. The van der Waals surface area contributed by atoms with Gasteiger partial charge < -0.3 is 15.0 Å². The largest absolute Gasteiger partial charge is 0.484 e. The van der Waals surface area contributed by atoms with Crippen LogP contribution in [0.5, 0.6) is 5.75 Å². The summed E-state index contributed by atoms with van der Waals surface area (Å²) in [7, 11) is -2.97. The van der Waals surface area contributed by atoms with Gasteiger partial charge in [-0.15, -0.1) is 0 Å². The molecule has 1 atom stereocenters. The van der Waals surface area contributed by atoms with E-state index in [2.05, 4.69) is 5.32 Å². The van der Waals surface area contributed by atoms with E-state index in [-0.39, 0.29) is 29.2 Å². The average molecular weight is 407 g/mol. The molecule has 1 aromatic rings. The van der Waals surface area contributed by atoms with E-state index >= 15 is 0 Å². The molecule has 0 radical (unpaired) electrons. The number of carbonyl (C=O) groups is 2. The number of hydrogen-bond donors (Lipinski definition) is 1. The minimum absolute atomic E-state index is 0.0191. The fourth-order valence-electron chi connectivity index (χ4n) is 4.37. The lowest BCUT2D eigenvalue weighted by Gasteiger charge is -2.41. The lowest BCUT2D eigenvalue weighted by atomic mass is 9.90. The highest BCUT2D eigenvalue weighted by atomic mass is 32.2. The molecule has 3 heterocycles. The summed E-state index contributed by atoms with van der Waals surface area (Å²) >= 11 is 0. The summed E-state index contributed by atoms with van der Waals surface area (Å²) in [6.07, 6.45) is 2.15. The summed E-state index contributed by atoms with van der Waals surface area (Å²) in [4.78, 5) is 26.8. The van der Waals surface area contributed by atoms with Crippen molar-refractivity contribution in [1.82, 2.24) is 10.2 Å². The first-order chi connectivity index (χ1) is 13.3. The van der Waals surface area contributed by atoms with Gasteiger partial charge in [0.05, 0.1) is 23.6 Å². The number of aryl methyl sites for hydroxylation is 1. The summed E-state index contributed by atoms with van der Waals surface area (Å²) in [5.74, 6) is 0.748. The number of nitrogens with one attached hydrogen (secondary N) is 1. The van der Waals surface area contributed by atoms with Gasteiger partial charge in [0.25, 0.3) is 5.91 Å². The van der Waals surface area contributed by atoms with Crippen LogP contribution in [0.1, 0.15) is 41.6 Å². The van der Waals surface area contributed by atoms with E-state index in [1.807, 2.05) is 30.0 Å². The Kier molecular flexibility index (Phi) is 4.85. The minimum Gasteiger partial charge on any atom is -0.484 e. The van der Waals surface area contributed by atoms with Crippen LogP contribution in [0.15, 0.2) is 18.2 Å². The van der Waals surface area contributed by atoms with Crippen LogP contribution < -0.4 is 10.1 Å². The highest BCUT2D eigenvalue weighted by Gasteiger charge is 2.41.